The number of halogens is 1. The average Bonchev–Trinajstić information content (AvgIpc) is 2.27. The summed E-state index contributed by atoms with van der Waals surface area (Å²) in [6, 6.07) is 5.33. The van der Waals surface area contributed by atoms with E-state index in [0.717, 1.165) is 15.8 Å². The van der Waals surface area contributed by atoms with Crippen LogP contribution < -0.4 is 5.32 Å². The minimum Gasteiger partial charge on any atom is -0.393 e. The Hall–Kier alpha value is -0.520. The Labute approximate surface area is 115 Å². The van der Waals surface area contributed by atoms with Crippen molar-refractivity contribution in [3.05, 3.63) is 28.2 Å². The van der Waals surface area contributed by atoms with E-state index in [-0.39, 0.29) is 12.0 Å². The predicted molar refractivity (Wildman–Crippen MR) is 74.6 cm³/mol. The summed E-state index contributed by atoms with van der Waals surface area (Å²) in [7, 11) is 0. The fourth-order valence-corrected chi connectivity index (χ4v) is 2.01. The molecule has 1 amide bonds. The van der Waals surface area contributed by atoms with Crippen molar-refractivity contribution in [2.24, 2.45) is 0 Å². The van der Waals surface area contributed by atoms with Gasteiger partial charge < -0.3 is 10.4 Å². The van der Waals surface area contributed by atoms with Crippen LogP contribution in [0.2, 0.25) is 0 Å². The lowest BCUT2D eigenvalue weighted by Crippen LogP contribution is -2.25. The first-order valence-corrected chi connectivity index (χ1v) is 6.69. The highest BCUT2D eigenvalue weighted by atomic mass is 79.9. The Morgan fingerprint density at radius 3 is 2.94 bits per heavy atom. The van der Waals surface area contributed by atoms with Crippen molar-refractivity contribution in [2.45, 2.75) is 30.8 Å². The van der Waals surface area contributed by atoms with Crippen molar-refractivity contribution < 1.29 is 9.90 Å². The third-order valence-electron chi connectivity index (χ3n) is 2.28. The second-order valence-corrected chi connectivity index (χ2v) is 5.28. The third kappa shape index (κ3) is 5.10. The number of aliphatic hydroxyl groups is 1. The maximum absolute atomic E-state index is 11.8. The predicted octanol–water partition coefficient (Wildman–Crippen LogP) is 2.63. The maximum Gasteiger partial charge on any atom is 0.252 e. The van der Waals surface area contributed by atoms with Crippen LogP contribution in [0.4, 0.5) is 0 Å². The van der Waals surface area contributed by atoms with E-state index in [1.54, 1.807) is 19.1 Å². The van der Waals surface area contributed by atoms with Crippen LogP contribution >= 0.6 is 28.6 Å². The van der Waals surface area contributed by atoms with Gasteiger partial charge in [-0.2, -0.15) is 0 Å². The summed E-state index contributed by atoms with van der Waals surface area (Å²) in [5, 5.41) is 11.9. The zero-order valence-electron chi connectivity index (χ0n) is 9.61. The lowest BCUT2D eigenvalue weighted by Gasteiger charge is -2.08. The molecule has 2 N–H and O–H groups in total. The SMILES string of the molecule is CC(O)CCCNC(=O)c1cc(S)ccc1Br. The minimum absolute atomic E-state index is 0.127. The van der Waals surface area contributed by atoms with E-state index in [2.05, 4.69) is 33.9 Å². The number of carbonyl (C=O) groups excluding carboxylic acids is 1. The molecule has 0 saturated carbocycles. The molecule has 0 saturated heterocycles. The molecule has 0 heterocycles. The fraction of sp³-hybridized carbons (Fsp3) is 0.417. The number of hydrogen-bond donors (Lipinski definition) is 3. The van der Waals surface area contributed by atoms with E-state index >= 15 is 0 Å². The Kier molecular flexibility index (Phi) is 6.02. The van der Waals surface area contributed by atoms with E-state index in [4.69, 9.17) is 5.11 Å². The summed E-state index contributed by atoms with van der Waals surface area (Å²) >= 11 is 7.53. The maximum atomic E-state index is 11.8. The Morgan fingerprint density at radius 1 is 1.59 bits per heavy atom. The Bertz CT molecular complexity index is 396. The summed E-state index contributed by atoms with van der Waals surface area (Å²) in [5.74, 6) is -0.127. The van der Waals surface area contributed by atoms with Crippen LogP contribution in [-0.2, 0) is 0 Å². The molecule has 3 nitrogen and oxygen atoms in total. The molecule has 0 fully saturated rings. The van der Waals surface area contributed by atoms with Gasteiger partial charge in [-0.15, -0.1) is 12.6 Å². The first-order valence-electron chi connectivity index (χ1n) is 5.45. The molecule has 1 atom stereocenters. The highest BCUT2D eigenvalue weighted by Crippen LogP contribution is 2.20. The van der Waals surface area contributed by atoms with E-state index in [0.29, 0.717) is 18.5 Å². The highest BCUT2D eigenvalue weighted by Gasteiger charge is 2.09. The monoisotopic (exact) mass is 317 g/mol. The van der Waals surface area contributed by atoms with Crippen molar-refractivity contribution in [2.75, 3.05) is 6.54 Å². The van der Waals surface area contributed by atoms with E-state index < -0.39 is 0 Å². The van der Waals surface area contributed by atoms with Gasteiger partial charge >= 0.3 is 0 Å². The number of nitrogens with one attached hydrogen (secondary N) is 1. The smallest absolute Gasteiger partial charge is 0.252 e. The van der Waals surface area contributed by atoms with Crippen molar-refractivity contribution in [1.29, 1.82) is 0 Å². The zero-order valence-corrected chi connectivity index (χ0v) is 12.1. The first-order chi connectivity index (χ1) is 8.00. The summed E-state index contributed by atoms with van der Waals surface area (Å²) in [6.45, 7) is 2.30. The van der Waals surface area contributed by atoms with Gasteiger partial charge in [0.1, 0.15) is 0 Å². The average molecular weight is 318 g/mol. The molecular formula is C12H16BrNO2S. The molecule has 0 aliphatic carbocycles. The number of rotatable bonds is 5. The van der Waals surface area contributed by atoms with Crippen LogP contribution in [0.5, 0.6) is 0 Å². The van der Waals surface area contributed by atoms with Crippen LogP contribution in [0.1, 0.15) is 30.1 Å². The van der Waals surface area contributed by atoms with E-state index in [9.17, 15) is 4.79 Å². The van der Waals surface area contributed by atoms with Crippen LogP contribution in [0, 0.1) is 0 Å². The molecule has 0 bridgehead atoms. The van der Waals surface area contributed by atoms with Gasteiger partial charge in [0.2, 0.25) is 0 Å². The molecule has 17 heavy (non-hydrogen) atoms. The normalized spacial score (nSPS) is 12.2. The number of amides is 1. The molecule has 0 aromatic heterocycles. The second-order valence-electron chi connectivity index (χ2n) is 3.91. The molecule has 1 rings (SSSR count). The Morgan fingerprint density at radius 2 is 2.29 bits per heavy atom. The quantitative estimate of drug-likeness (QED) is 0.577. The highest BCUT2D eigenvalue weighted by molar-refractivity contribution is 9.10. The third-order valence-corrected chi connectivity index (χ3v) is 3.25. The fourth-order valence-electron chi connectivity index (χ4n) is 1.38. The second kappa shape index (κ2) is 7.03. The molecule has 94 valence electrons. The van der Waals surface area contributed by atoms with Gasteiger partial charge in [-0.25, -0.2) is 0 Å². The molecule has 0 spiro atoms. The number of aliphatic hydroxyl groups excluding tert-OH is 1. The zero-order chi connectivity index (χ0) is 12.8. The molecule has 1 aromatic carbocycles. The lowest BCUT2D eigenvalue weighted by atomic mass is 10.2. The summed E-state index contributed by atoms with van der Waals surface area (Å²) < 4.78 is 0.753. The minimum atomic E-state index is -0.320. The number of hydrogen-bond acceptors (Lipinski definition) is 3. The number of thiol groups is 1. The molecule has 0 aliphatic heterocycles. The van der Waals surface area contributed by atoms with Crippen LogP contribution in [-0.4, -0.2) is 23.7 Å². The summed E-state index contributed by atoms with van der Waals surface area (Å²) in [5.41, 5.74) is 0.578. The van der Waals surface area contributed by atoms with E-state index in [1.165, 1.54) is 0 Å². The largest absolute Gasteiger partial charge is 0.393 e. The molecule has 1 aromatic rings. The number of benzene rings is 1. The topological polar surface area (TPSA) is 49.3 Å². The first kappa shape index (κ1) is 14.5. The van der Waals surface area contributed by atoms with Gasteiger partial charge in [0.05, 0.1) is 11.7 Å². The van der Waals surface area contributed by atoms with Crippen molar-refractivity contribution in [3.63, 3.8) is 0 Å². The number of carbonyl (C=O) groups is 1. The van der Waals surface area contributed by atoms with E-state index in [1.807, 2.05) is 6.07 Å². The van der Waals surface area contributed by atoms with Crippen LogP contribution in [0.3, 0.4) is 0 Å². The molecule has 0 radical (unpaired) electrons. The molecule has 0 aliphatic rings. The van der Waals surface area contributed by atoms with Gasteiger partial charge in [-0.3, -0.25) is 4.79 Å². The standard InChI is InChI=1S/C12H16BrNO2S/c1-8(15)3-2-6-14-12(16)10-7-9(17)4-5-11(10)13/h4-5,7-8,15,17H,2-3,6H2,1H3,(H,14,16). The van der Waals surface area contributed by atoms with Gasteiger partial charge in [0.15, 0.2) is 0 Å². The van der Waals surface area contributed by atoms with Crippen molar-refractivity contribution in [3.8, 4) is 0 Å². The van der Waals surface area contributed by atoms with Gasteiger partial charge in [-0.05, 0) is 53.9 Å². The molecular weight excluding hydrogens is 302 g/mol. The van der Waals surface area contributed by atoms with Gasteiger partial charge in [0, 0.05) is 15.9 Å². The summed E-state index contributed by atoms with van der Waals surface area (Å²) in [4.78, 5) is 12.6. The van der Waals surface area contributed by atoms with Crippen LogP contribution in [0.15, 0.2) is 27.6 Å². The van der Waals surface area contributed by atoms with Gasteiger partial charge in [0.25, 0.3) is 5.91 Å². The van der Waals surface area contributed by atoms with Gasteiger partial charge in [-0.1, -0.05) is 0 Å². The van der Waals surface area contributed by atoms with Crippen molar-refractivity contribution in [1.82, 2.24) is 5.32 Å². The van der Waals surface area contributed by atoms with Crippen molar-refractivity contribution >= 4 is 34.5 Å². The molecule has 5 heteroatoms. The Balaban J connectivity index is 2.49. The van der Waals surface area contributed by atoms with Crippen LogP contribution in [0.25, 0.3) is 0 Å². The molecule has 1 unspecified atom stereocenters. The summed E-state index contributed by atoms with van der Waals surface area (Å²) in [6.07, 6.45) is 1.13. The lowest BCUT2D eigenvalue weighted by molar-refractivity contribution is 0.0948.